The van der Waals surface area contributed by atoms with Crippen molar-refractivity contribution in [1.29, 1.82) is 0 Å². The van der Waals surface area contributed by atoms with Gasteiger partial charge in [-0.05, 0) is 18.2 Å². The molecule has 2 N–H and O–H groups in total. The maximum Gasteiger partial charge on any atom is 0.323 e. The molecule has 0 unspecified atom stereocenters. The number of nitrogens with zero attached hydrogens (tertiary/aromatic N) is 1. The number of amides is 2. The molecule has 0 aliphatic carbocycles. The number of nitro benzene ring substituents is 1. The van der Waals surface area contributed by atoms with Crippen molar-refractivity contribution < 1.29 is 19.2 Å². The van der Waals surface area contributed by atoms with E-state index in [9.17, 15) is 14.9 Å². The Balaban J connectivity index is 2.14. The maximum absolute atomic E-state index is 12.0. The molecule has 0 atom stereocenters. The monoisotopic (exact) mass is 351 g/mol. The number of nitro groups is 1. The van der Waals surface area contributed by atoms with E-state index in [2.05, 4.69) is 10.6 Å². The highest BCUT2D eigenvalue weighted by molar-refractivity contribution is 6.33. The minimum Gasteiger partial charge on any atom is -0.493 e. The zero-order valence-corrected chi connectivity index (χ0v) is 13.6. The first-order valence-electron chi connectivity index (χ1n) is 6.68. The molecular weight excluding hydrogens is 338 g/mol. The van der Waals surface area contributed by atoms with Gasteiger partial charge in [-0.25, -0.2) is 4.79 Å². The second-order valence-corrected chi connectivity index (χ2v) is 4.98. The van der Waals surface area contributed by atoms with Gasteiger partial charge in [-0.15, -0.1) is 0 Å². The number of rotatable bonds is 5. The van der Waals surface area contributed by atoms with Crippen LogP contribution in [-0.2, 0) is 0 Å². The Morgan fingerprint density at radius 3 is 2.42 bits per heavy atom. The Bertz CT molecular complexity index is 782. The number of nitrogens with one attached hydrogen (secondary N) is 2. The Hall–Kier alpha value is -3.00. The second-order valence-electron chi connectivity index (χ2n) is 4.57. The van der Waals surface area contributed by atoms with Crippen molar-refractivity contribution in [1.82, 2.24) is 0 Å². The first-order chi connectivity index (χ1) is 11.4. The van der Waals surface area contributed by atoms with E-state index in [1.54, 1.807) is 18.2 Å². The lowest BCUT2D eigenvalue weighted by Gasteiger charge is -2.12. The van der Waals surface area contributed by atoms with Gasteiger partial charge in [0.15, 0.2) is 11.5 Å². The molecule has 0 fully saturated rings. The van der Waals surface area contributed by atoms with Crippen molar-refractivity contribution in [2.24, 2.45) is 0 Å². The van der Waals surface area contributed by atoms with Crippen molar-refractivity contribution in [3.05, 3.63) is 51.5 Å². The SMILES string of the molecule is COc1ccc(NC(=O)Nc2cc([N+](=O)[O-])ccc2Cl)cc1OC. The molecule has 0 heterocycles. The molecule has 2 rings (SSSR count). The number of carbonyl (C=O) groups excluding carboxylic acids is 1. The number of urea groups is 1. The van der Waals surface area contributed by atoms with Crippen LogP contribution in [0.4, 0.5) is 21.9 Å². The van der Waals surface area contributed by atoms with E-state index in [1.165, 1.54) is 32.4 Å². The summed E-state index contributed by atoms with van der Waals surface area (Å²) in [7, 11) is 2.98. The van der Waals surface area contributed by atoms with Gasteiger partial charge in [0.25, 0.3) is 5.69 Å². The average molecular weight is 352 g/mol. The van der Waals surface area contributed by atoms with Crippen molar-refractivity contribution in [2.45, 2.75) is 0 Å². The van der Waals surface area contributed by atoms with Gasteiger partial charge in [0.1, 0.15) is 0 Å². The van der Waals surface area contributed by atoms with E-state index in [-0.39, 0.29) is 16.4 Å². The maximum atomic E-state index is 12.0. The van der Waals surface area contributed by atoms with Gasteiger partial charge in [0.05, 0.1) is 29.9 Å². The van der Waals surface area contributed by atoms with Crippen LogP contribution in [-0.4, -0.2) is 25.2 Å². The van der Waals surface area contributed by atoms with Crippen molar-refractivity contribution in [3.63, 3.8) is 0 Å². The van der Waals surface area contributed by atoms with E-state index >= 15 is 0 Å². The minimum absolute atomic E-state index is 0.129. The number of hydrogen-bond donors (Lipinski definition) is 2. The number of non-ortho nitro benzene ring substituents is 1. The molecular formula is C15H14ClN3O5. The molecule has 0 saturated heterocycles. The minimum atomic E-state index is -0.607. The highest BCUT2D eigenvalue weighted by Gasteiger charge is 2.13. The van der Waals surface area contributed by atoms with Crippen molar-refractivity contribution in [3.8, 4) is 11.5 Å². The molecule has 0 bridgehead atoms. The molecule has 2 aromatic carbocycles. The molecule has 0 aromatic heterocycles. The van der Waals surface area contributed by atoms with Crippen LogP contribution < -0.4 is 20.1 Å². The zero-order chi connectivity index (χ0) is 17.7. The molecule has 0 aliphatic rings. The number of ether oxygens (including phenoxy) is 2. The number of carbonyl (C=O) groups is 1. The summed E-state index contributed by atoms with van der Waals surface area (Å²) in [4.78, 5) is 22.3. The normalized spacial score (nSPS) is 9.96. The lowest BCUT2D eigenvalue weighted by atomic mass is 10.2. The average Bonchev–Trinajstić information content (AvgIpc) is 2.56. The summed E-state index contributed by atoms with van der Waals surface area (Å²) in [5.41, 5.74) is 0.399. The summed E-state index contributed by atoms with van der Waals surface area (Å²) in [5.74, 6) is 0.967. The van der Waals surface area contributed by atoms with Crippen LogP contribution in [0.3, 0.4) is 0 Å². The van der Waals surface area contributed by atoms with Crippen LogP contribution in [0.25, 0.3) is 0 Å². The number of methoxy groups -OCH3 is 2. The summed E-state index contributed by atoms with van der Waals surface area (Å²) in [6.07, 6.45) is 0. The summed E-state index contributed by atoms with van der Waals surface area (Å²) >= 11 is 5.93. The van der Waals surface area contributed by atoms with Gasteiger partial charge in [-0.1, -0.05) is 11.6 Å². The van der Waals surface area contributed by atoms with Gasteiger partial charge in [-0.2, -0.15) is 0 Å². The molecule has 8 nitrogen and oxygen atoms in total. The fourth-order valence-electron chi connectivity index (χ4n) is 1.92. The predicted molar refractivity (Wildman–Crippen MR) is 90.3 cm³/mol. The largest absolute Gasteiger partial charge is 0.493 e. The lowest BCUT2D eigenvalue weighted by Crippen LogP contribution is -2.19. The van der Waals surface area contributed by atoms with Crippen LogP contribution in [0.2, 0.25) is 5.02 Å². The third kappa shape index (κ3) is 4.05. The predicted octanol–water partition coefficient (Wildman–Crippen LogP) is 3.91. The van der Waals surface area contributed by atoms with Crippen LogP contribution in [0.1, 0.15) is 0 Å². The topological polar surface area (TPSA) is 103 Å². The van der Waals surface area contributed by atoms with Gasteiger partial charge in [-0.3, -0.25) is 10.1 Å². The van der Waals surface area contributed by atoms with Crippen LogP contribution in [0, 0.1) is 10.1 Å². The smallest absolute Gasteiger partial charge is 0.323 e. The van der Waals surface area contributed by atoms with Gasteiger partial charge in [0.2, 0.25) is 0 Å². The molecule has 2 aromatic rings. The summed E-state index contributed by atoms with van der Waals surface area (Å²) in [6.45, 7) is 0. The van der Waals surface area contributed by atoms with Gasteiger partial charge < -0.3 is 20.1 Å². The summed E-state index contributed by atoms with van der Waals surface area (Å²) in [6, 6.07) is 7.99. The van der Waals surface area contributed by atoms with Crippen LogP contribution >= 0.6 is 11.6 Å². The number of anilines is 2. The quantitative estimate of drug-likeness (QED) is 0.628. The Morgan fingerprint density at radius 2 is 1.79 bits per heavy atom. The third-order valence-corrected chi connectivity index (χ3v) is 3.38. The number of benzene rings is 2. The first-order valence-corrected chi connectivity index (χ1v) is 7.06. The molecule has 0 spiro atoms. The van der Waals surface area contributed by atoms with E-state index < -0.39 is 11.0 Å². The van der Waals surface area contributed by atoms with Crippen molar-refractivity contribution >= 4 is 34.7 Å². The third-order valence-electron chi connectivity index (χ3n) is 3.05. The van der Waals surface area contributed by atoms with E-state index in [0.29, 0.717) is 17.2 Å². The Labute approximate surface area is 142 Å². The number of hydrogen-bond acceptors (Lipinski definition) is 5. The highest BCUT2D eigenvalue weighted by atomic mass is 35.5. The molecule has 0 aliphatic heterocycles. The van der Waals surface area contributed by atoms with Gasteiger partial charge in [0, 0.05) is 23.9 Å². The number of halogens is 1. The highest BCUT2D eigenvalue weighted by Crippen LogP contribution is 2.30. The molecule has 9 heteroatoms. The zero-order valence-electron chi connectivity index (χ0n) is 12.8. The summed E-state index contributed by atoms with van der Waals surface area (Å²) in [5, 5.41) is 16.0. The van der Waals surface area contributed by atoms with Crippen LogP contribution in [0.5, 0.6) is 11.5 Å². The van der Waals surface area contributed by atoms with E-state index in [0.717, 1.165) is 0 Å². The lowest BCUT2D eigenvalue weighted by molar-refractivity contribution is -0.384. The second kappa shape index (κ2) is 7.51. The van der Waals surface area contributed by atoms with E-state index in [4.69, 9.17) is 21.1 Å². The molecule has 0 saturated carbocycles. The summed E-state index contributed by atoms with van der Waals surface area (Å²) < 4.78 is 10.3. The Kier molecular flexibility index (Phi) is 5.43. The standard InChI is InChI=1S/C15H14ClN3O5/c1-23-13-6-3-9(7-14(13)24-2)17-15(20)18-12-8-10(19(21)22)4-5-11(12)16/h3-8H,1-2H3,(H2,17,18,20). The van der Waals surface area contributed by atoms with E-state index in [1.807, 2.05) is 0 Å². The first kappa shape index (κ1) is 17.4. The molecule has 24 heavy (non-hydrogen) atoms. The Morgan fingerprint density at radius 1 is 1.08 bits per heavy atom. The van der Waals surface area contributed by atoms with Crippen molar-refractivity contribution in [2.75, 3.05) is 24.9 Å². The fourth-order valence-corrected chi connectivity index (χ4v) is 2.09. The molecule has 2 amide bonds. The van der Waals surface area contributed by atoms with Gasteiger partial charge >= 0.3 is 6.03 Å². The molecule has 0 radical (unpaired) electrons. The fraction of sp³-hybridized carbons (Fsp3) is 0.133. The molecule has 126 valence electrons. The van der Waals surface area contributed by atoms with Crippen LogP contribution in [0.15, 0.2) is 36.4 Å².